The Bertz CT molecular complexity index is 435. The normalized spacial score (nSPS) is 28.1. The first-order valence-corrected chi connectivity index (χ1v) is 6.87. The van der Waals surface area contributed by atoms with Crippen molar-refractivity contribution in [2.75, 3.05) is 7.11 Å². The molecule has 1 aliphatic carbocycles. The van der Waals surface area contributed by atoms with Crippen LogP contribution in [0.5, 0.6) is 0 Å². The second-order valence-electron chi connectivity index (χ2n) is 4.74. The fourth-order valence-corrected chi connectivity index (χ4v) is 3.52. The number of nitrogens with zero attached hydrogens (tertiary/aromatic N) is 1. The number of ether oxygens (including phenoxy) is 1. The fraction of sp³-hybridized carbons (Fsp3) is 0.667. The van der Waals surface area contributed by atoms with E-state index in [0.29, 0.717) is 18.1 Å². The van der Waals surface area contributed by atoms with Gasteiger partial charge in [0.1, 0.15) is 11.8 Å². The molecule has 0 aliphatic heterocycles. The summed E-state index contributed by atoms with van der Waals surface area (Å²) in [7, 11) is 1.38. The van der Waals surface area contributed by atoms with Gasteiger partial charge in [0.25, 0.3) is 5.22 Å². The third kappa shape index (κ3) is 2.87. The molecule has 5 nitrogen and oxygen atoms in total. The molecule has 1 aliphatic rings. The van der Waals surface area contributed by atoms with Gasteiger partial charge < -0.3 is 14.9 Å². The molecule has 0 saturated heterocycles. The lowest BCUT2D eigenvalue weighted by Crippen LogP contribution is -2.52. The highest BCUT2D eigenvalue weighted by molar-refractivity contribution is 7.99. The molecule has 0 radical (unpaired) electrons. The standard InChI is InChI=1S/C12H18N2O3S/c1-8-7-17-11(14-8)18-9-4-3-5-12(13,6-9)10(15)16-2/h7,9H,3-6,13H2,1-2H3. The van der Waals surface area contributed by atoms with Gasteiger partial charge in [-0.1, -0.05) is 11.8 Å². The van der Waals surface area contributed by atoms with Gasteiger partial charge in [0.05, 0.1) is 12.8 Å². The van der Waals surface area contributed by atoms with Crippen LogP contribution in [-0.4, -0.2) is 28.9 Å². The Morgan fingerprint density at radius 2 is 2.50 bits per heavy atom. The summed E-state index contributed by atoms with van der Waals surface area (Å²) in [5.74, 6) is -0.323. The van der Waals surface area contributed by atoms with Gasteiger partial charge in [0.2, 0.25) is 0 Å². The first kappa shape index (κ1) is 13.4. The zero-order valence-electron chi connectivity index (χ0n) is 10.6. The van der Waals surface area contributed by atoms with E-state index < -0.39 is 5.54 Å². The van der Waals surface area contributed by atoms with E-state index in [-0.39, 0.29) is 11.2 Å². The molecule has 0 amide bonds. The van der Waals surface area contributed by atoms with Crippen LogP contribution in [0.2, 0.25) is 0 Å². The molecular weight excluding hydrogens is 252 g/mol. The van der Waals surface area contributed by atoms with Gasteiger partial charge in [-0.15, -0.1) is 0 Å². The lowest BCUT2D eigenvalue weighted by Gasteiger charge is -2.34. The number of nitrogens with two attached hydrogens (primary N) is 1. The van der Waals surface area contributed by atoms with E-state index in [1.165, 1.54) is 7.11 Å². The topological polar surface area (TPSA) is 78.4 Å². The van der Waals surface area contributed by atoms with Gasteiger partial charge >= 0.3 is 5.97 Å². The van der Waals surface area contributed by atoms with Crippen LogP contribution in [0, 0.1) is 6.92 Å². The quantitative estimate of drug-likeness (QED) is 0.845. The van der Waals surface area contributed by atoms with E-state index in [4.69, 9.17) is 14.9 Å². The number of oxazole rings is 1. The molecule has 18 heavy (non-hydrogen) atoms. The molecule has 1 aromatic rings. The van der Waals surface area contributed by atoms with Crippen LogP contribution < -0.4 is 5.73 Å². The summed E-state index contributed by atoms with van der Waals surface area (Å²) in [6, 6.07) is 0. The second-order valence-corrected chi connectivity index (χ2v) is 5.99. The highest BCUT2D eigenvalue weighted by Crippen LogP contribution is 2.37. The van der Waals surface area contributed by atoms with Gasteiger partial charge in [-0.3, -0.25) is 4.79 Å². The highest BCUT2D eigenvalue weighted by atomic mass is 32.2. The minimum atomic E-state index is -0.855. The third-order valence-corrected chi connectivity index (χ3v) is 4.32. The average Bonchev–Trinajstić information content (AvgIpc) is 2.73. The molecule has 1 saturated carbocycles. The molecule has 1 fully saturated rings. The first-order valence-electron chi connectivity index (χ1n) is 5.99. The summed E-state index contributed by atoms with van der Waals surface area (Å²) < 4.78 is 10.1. The van der Waals surface area contributed by atoms with Gasteiger partial charge in [-0.05, 0) is 32.6 Å². The van der Waals surface area contributed by atoms with E-state index in [9.17, 15) is 4.79 Å². The van der Waals surface area contributed by atoms with Crippen LogP contribution >= 0.6 is 11.8 Å². The molecular formula is C12H18N2O3S. The van der Waals surface area contributed by atoms with E-state index in [1.54, 1.807) is 18.0 Å². The summed E-state index contributed by atoms with van der Waals surface area (Å²) in [6.45, 7) is 1.89. The number of aromatic nitrogens is 1. The van der Waals surface area contributed by atoms with E-state index >= 15 is 0 Å². The molecule has 6 heteroatoms. The minimum Gasteiger partial charge on any atom is -0.468 e. The molecule has 0 spiro atoms. The molecule has 1 aromatic heterocycles. The van der Waals surface area contributed by atoms with E-state index in [0.717, 1.165) is 18.5 Å². The third-order valence-electron chi connectivity index (χ3n) is 3.20. The summed E-state index contributed by atoms with van der Waals surface area (Å²) >= 11 is 1.55. The Hall–Kier alpha value is -1.01. The highest BCUT2D eigenvalue weighted by Gasteiger charge is 2.40. The molecule has 2 rings (SSSR count). The van der Waals surface area contributed by atoms with Crippen LogP contribution in [0.15, 0.2) is 15.9 Å². The van der Waals surface area contributed by atoms with Crippen molar-refractivity contribution in [3.05, 3.63) is 12.0 Å². The largest absolute Gasteiger partial charge is 0.468 e. The number of thioether (sulfide) groups is 1. The Kier molecular flexibility index (Phi) is 3.97. The molecule has 2 unspecified atom stereocenters. The predicted octanol–water partition coefficient (Wildman–Crippen LogP) is 1.89. The number of hydrogen-bond donors (Lipinski definition) is 1. The summed E-state index contributed by atoms with van der Waals surface area (Å²) in [6.07, 6.45) is 4.85. The van der Waals surface area contributed by atoms with Crippen molar-refractivity contribution >= 4 is 17.7 Å². The van der Waals surface area contributed by atoms with Gasteiger partial charge in [-0.25, -0.2) is 4.98 Å². The Morgan fingerprint density at radius 3 is 3.11 bits per heavy atom. The van der Waals surface area contributed by atoms with Crippen molar-refractivity contribution in [3.63, 3.8) is 0 Å². The van der Waals surface area contributed by atoms with E-state index in [1.807, 2.05) is 6.92 Å². The number of aryl methyl sites for hydroxylation is 1. The van der Waals surface area contributed by atoms with Crippen molar-refractivity contribution < 1.29 is 13.9 Å². The van der Waals surface area contributed by atoms with Crippen molar-refractivity contribution in [1.82, 2.24) is 4.98 Å². The lowest BCUT2D eigenvalue weighted by atomic mass is 9.82. The molecule has 2 atom stereocenters. The number of carbonyl (C=O) groups excluding carboxylic acids is 1. The number of rotatable bonds is 3. The SMILES string of the molecule is COC(=O)C1(N)CCCC(Sc2nc(C)co2)C1. The number of carbonyl (C=O) groups is 1. The second kappa shape index (κ2) is 5.32. The van der Waals surface area contributed by atoms with Gasteiger partial charge in [-0.2, -0.15) is 0 Å². The van der Waals surface area contributed by atoms with Crippen LogP contribution in [0.25, 0.3) is 0 Å². The molecule has 2 N–H and O–H groups in total. The number of esters is 1. The van der Waals surface area contributed by atoms with Crippen molar-refractivity contribution in [3.8, 4) is 0 Å². The average molecular weight is 270 g/mol. The van der Waals surface area contributed by atoms with Crippen LogP contribution in [0.1, 0.15) is 31.4 Å². The first-order chi connectivity index (χ1) is 8.53. The molecule has 0 aromatic carbocycles. The Labute approximate surface area is 110 Å². The van der Waals surface area contributed by atoms with E-state index in [2.05, 4.69) is 4.98 Å². The number of methoxy groups -OCH3 is 1. The van der Waals surface area contributed by atoms with Crippen molar-refractivity contribution in [2.45, 2.75) is 48.6 Å². The summed E-state index contributed by atoms with van der Waals surface area (Å²) in [4.78, 5) is 16.0. The number of hydrogen-bond acceptors (Lipinski definition) is 6. The molecule has 1 heterocycles. The molecule has 0 bridgehead atoms. The predicted molar refractivity (Wildman–Crippen MR) is 68.3 cm³/mol. The van der Waals surface area contributed by atoms with Gasteiger partial charge in [0.15, 0.2) is 0 Å². The zero-order valence-corrected chi connectivity index (χ0v) is 11.5. The van der Waals surface area contributed by atoms with Gasteiger partial charge in [0, 0.05) is 5.25 Å². The van der Waals surface area contributed by atoms with Crippen molar-refractivity contribution in [1.29, 1.82) is 0 Å². The van der Waals surface area contributed by atoms with Crippen LogP contribution in [0.4, 0.5) is 0 Å². The Morgan fingerprint density at radius 1 is 1.72 bits per heavy atom. The lowest BCUT2D eigenvalue weighted by molar-refractivity contribution is -0.148. The summed E-state index contributed by atoms with van der Waals surface area (Å²) in [5, 5.41) is 0.896. The maximum Gasteiger partial charge on any atom is 0.325 e. The fourth-order valence-electron chi connectivity index (χ4n) is 2.27. The van der Waals surface area contributed by atoms with Crippen LogP contribution in [-0.2, 0) is 9.53 Å². The zero-order chi connectivity index (χ0) is 13.2. The smallest absolute Gasteiger partial charge is 0.325 e. The Balaban J connectivity index is 2.00. The maximum atomic E-state index is 11.7. The molecule has 100 valence electrons. The maximum absolute atomic E-state index is 11.7. The minimum absolute atomic E-state index is 0.251. The van der Waals surface area contributed by atoms with Crippen LogP contribution in [0.3, 0.4) is 0 Å². The van der Waals surface area contributed by atoms with Crippen molar-refractivity contribution in [2.24, 2.45) is 5.73 Å². The monoisotopic (exact) mass is 270 g/mol. The summed E-state index contributed by atoms with van der Waals surface area (Å²) in [5.41, 5.74) is 6.13.